The van der Waals surface area contributed by atoms with Crippen molar-refractivity contribution >= 4 is 0 Å². The van der Waals surface area contributed by atoms with Crippen LogP contribution in [0, 0.1) is 13.8 Å². The van der Waals surface area contributed by atoms with Gasteiger partial charge in [-0.1, -0.05) is 37.8 Å². The molecule has 0 spiro atoms. The van der Waals surface area contributed by atoms with Gasteiger partial charge in [-0.2, -0.15) is 0 Å². The van der Waals surface area contributed by atoms with E-state index in [1.54, 1.807) is 24.3 Å². The fourth-order valence-electron chi connectivity index (χ4n) is 2.66. The van der Waals surface area contributed by atoms with Crippen molar-refractivity contribution in [2.45, 2.75) is 21.3 Å². The van der Waals surface area contributed by atoms with E-state index >= 15 is 0 Å². The second-order valence-corrected chi connectivity index (χ2v) is 5.70. The number of phenols is 3. The molecule has 0 aliphatic carbocycles. The van der Waals surface area contributed by atoms with Gasteiger partial charge in [0.1, 0.15) is 17.2 Å². The number of aryl methyl sites for hydroxylation is 2. The first kappa shape index (κ1) is 17.4. The molecule has 3 aromatic carbocycles. The Balaban J connectivity index is 0.00000208. The van der Waals surface area contributed by atoms with Gasteiger partial charge in [0.2, 0.25) is 0 Å². The topological polar surface area (TPSA) is 60.7 Å². The van der Waals surface area contributed by atoms with E-state index in [2.05, 4.69) is 0 Å². The SMILES string of the molecule is C.Cc1cc(-c2cccc(-c3ccc(O)c(C)c3)c2O)ccc1O. The molecule has 24 heavy (non-hydrogen) atoms. The number of rotatable bonds is 2. The van der Waals surface area contributed by atoms with E-state index < -0.39 is 0 Å². The molecule has 0 saturated carbocycles. The van der Waals surface area contributed by atoms with Gasteiger partial charge in [0, 0.05) is 11.1 Å². The van der Waals surface area contributed by atoms with Crippen molar-refractivity contribution in [1.82, 2.24) is 0 Å². The van der Waals surface area contributed by atoms with Crippen molar-refractivity contribution in [2.24, 2.45) is 0 Å². The van der Waals surface area contributed by atoms with Crippen LogP contribution in [-0.2, 0) is 0 Å². The zero-order valence-corrected chi connectivity index (χ0v) is 13.0. The number of para-hydroxylation sites is 1. The molecule has 3 rings (SSSR count). The van der Waals surface area contributed by atoms with E-state index in [-0.39, 0.29) is 24.7 Å². The van der Waals surface area contributed by atoms with Gasteiger partial charge in [-0.3, -0.25) is 0 Å². The average Bonchev–Trinajstić information content (AvgIpc) is 2.53. The van der Waals surface area contributed by atoms with Crippen molar-refractivity contribution in [3.63, 3.8) is 0 Å². The molecule has 0 saturated heterocycles. The van der Waals surface area contributed by atoms with Crippen LogP contribution in [0.1, 0.15) is 18.6 Å². The van der Waals surface area contributed by atoms with Gasteiger partial charge in [-0.15, -0.1) is 0 Å². The molecule has 3 nitrogen and oxygen atoms in total. The standard InChI is InChI=1S/C20H18O3.CH4/c1-12-10-14(6-8-18(12)21)16-4-3-5-17(20(16)23)15-7-9-19(22)13(2)11-15;/h3-11,21-23H,1-2H3;1H4. The Morgan fingerprint density at radius 3 is 1.42 bits per heavy atom. The van der Waals surface area contributed by atoms with Gasteiger partial charge in [0.05, 0.1) is 0 Å². The normalized spacial score (nSPS) is 10.2. The van der Waals surface area contributed by atoms with Crippen molar-refractivity contribution in [1.29, 1.82) is 0 Å². The van der Waals surface area contributed by atoms with E-state index in [0.29, 0.717) is 11.1 Å². The van der Waals surface area contributed by atoms with Crippen LogP contribution >= 0.6 is 0 Å². The average molecular weight is 322 g/mol. The smallest absolute Gasteiger partial charge is 0.131 e. The van der Waals surface area contributed by atoms with Gasteiger partial charge in [-0.25, -0.2) is 0 Å². The van der Waals surface area contributed by atoms with E-state index in [9.17, 15) is 15.3 Å². The molecule has 0 bridgehead atoms. The van der Waals surface area contributed by atoms with Gasteiger partial charge in [0.15, 0.2) is 0 Å². The lowest BCUT2D eigenvalue weighted by Gasteiger charge is -2.12. The minimum Gasteiger partial charge on any atom is -0.508 e. The molecular formula is C21H22O3. The molecule has 0 heterocycles. The van der Waals surface area contributed by atoms with Crippen LogP contribution in [0.2, 0.25) is 0 Å². The zero-order valence-electron chi connectivity index (χ0n) is 13.0. The Hall–Kier alpha value is -2.94. The molecule has 0 fully saturated rings. The van der Waals surface area contributed by atoms with Crippen LogP contribution in [0.25, 0.3) is 22.3 Å². The van der Waals surface area contributed by atoms with Gasteiger partial charge in [-0.05, 0) is 60.4 Å². The summed E-state index contributed by atoms with van der Waals surface area (Å²) in [7, 11) is 0. The summed E-state index contributed by atoms with van der Waals surface area (Å²) in [5.41, 5.74) is 4.61. The monoisotopic (exact) mass is 322 g/mol. The molecule has 0 aromatic heterocycles. The molecule has 0 atom stereocenters. The van der Waals surface area contributed by atoms with Crippen LogP contribution in [-0.4, -0.2) is 15.3 Å². The Morgan fingerprint density at radius 1 is 0.625 bits per heavy atom. The molecule has 3 heteroatoms. The molecule has 0 aliphatic rings. The Kier molecular flexibility index (Phi) is 4.84. The second kappa shape index (κ2) is 6.67. The van der Waals surface area contributed by atoms with Gasteiger partial charge < -0.3 is 15.3 Å². The summed E-state index contributed by atoms with van der Waals surface area (Å²) in [6.45, 7) is 3.64. The third-order valence-corrected chi connectivity index (χ3v) is 4.05. The van der Waals surface area contributed by atoms with Crippen molar-refractivity contribution in [3.05, 3.63) is 65.7 Å². The van der Waals surface area contributed by atoms with Crippen LogP contribution in [0.5, 0.6) is 17.2 Å². The molecule has 124 valence electrons. The fourth-order valence-corrected chi connectivity index (χ4v) is 2.66. The zero-order chi connectivity index (χ0) is 16.6. The minimum absolute atomic E-state index is 0. The highest BCUT2D eigenvalue weighted by molar-refractivity contribution is 5.82. The summed E-state index contributed by atoms with van der Waals surface area (Å²) in [6, 6.07) is 16.1. The van der Waals surface area contributed by atoms with Crippen LogP contribution in [0.4, 0.5) is 0 Å². The van der Waals surface area contributed by atoms with Crippen molar-refractivity contribution < 1.29 is 15.3 Å². The predicted octanol–water partition coefficient (Wildman–Crippen LogP) is 5.39. The summed E-state index contributed by atoms with van der Waals surface area (Å²) < 4.78 is 0. The fraction of sp³-hybridized carbons (Fsp3) is 0.143. The van der Waals surface area contributed by atoms with E-state index in [1.165, 1.54) is 0 Å². The third kappa shape index (κ3) is 3.06. The number of aromatic hydroxyl groups is 3. The molecule has 0 unspecified atom stereocenters. The maximum atomic E-state index is 10.7. The molecule has 0 amide bonds. The summed E-state index contributed by atoms with van der Waals surface area (Å²) in [5, 5.41) is 30.0. The maximum Gasteiger partial charge on any atom is 0.131 e. The minimum atomic E-state index is 0. The highest BCUT2D eigenvalue weighted by Crippen LogP contribution is 2.39. The predicted molar refractivity (Wildman–Crippen MR) is 98.5 cm³/mol. The lowest BCUT2D eigenvalue weighted by Crippen LogP contribution is -1.86. The van der Waals surface area contributed by atoms with Crippen LogP contribution < -0.4 is 0 Å². The highest BCUT2D eigenvalue weighted by atomic mass is 16.3. The largest absolute Gasteiger partial charge is 0.508 e. The van der Waals surface area contributed by atoms with Crippen LogP contribution in [0.3, 0.4) is 0 Å². The Bertz CT molecular complexity index is 812. The van der Waals surface area contributed by atoms with E-state index in [0.717, 1.165) is 22.3 Å². The number of hydrogen-bond donors (Lipinski definition) is 3. The lowest BCUT2D eigenvalue weighted by atomic mass is 9.95. The summed E-state index contributed by atoms with van der Waals surface area (Å²) in [4.78, 5) is 0. The molecule has 3 N–H and O–H groups in total. The van der Waals surface area contributed by atoms with E-state index in [4.69, 9.17) is 0 Å². The second-order valence-electron chi connectivity index (χ2n) is 5.70. The summed E-state index contributed by atoms with van der Waals surface area (Å²) in [6.07, 6.45) is 0. The van der Waals surface area contributed by atoms with E-state index in [1.807, 2.05) is 44.2 Å². The molecular weight excluding hydrogens is 300 g/mol. The first-order chi connectivity index (χ1) is 11.0. The first-order valence-electron chi connectivity index (χ1n) is 7.39. The number of phenolic OH excluding ortho intramolecular Hbond substituents is 3. The van der Waals surface area contributed by atoms with Gasteiger partial charge >= 0.3 is 0 Å². The quantitative estimate of drug-likeness (QED) is 0.593. The van der Waals surface area contributed by atoms with Crippen molar-refractivity contribution in [3.8, 4) is 39.5 Å². The highest BCUT2D eigenvalue weighted by Gasteiger charge is 2.12. The third-order valence-electron chi connectivity index (χ3n) is 4.05. The Morgan fingerprint density at radius 2 is 1.04 bits per heavy atom. The van der Waals surface area contributed by atoms with Gasteiger partial charge in [0.25, 0.3) is 0 Å². The maximum absolute atomic E-state index is 10.7. The van der Waals surface area contributed by atoms with Crippen LogP contribution in [0.15, 0.2) is 54.6 Å². The lowest BCUT2D eigenvalue weighted by molar-refractivity contribution is 0.470. The number of benzene rings is 3. The molecule has 3 aromatic rings. The summed E-state index contributed by atoms with van der Waals surface area (Å²) >= 11 is 0. The molecule has 0 radical (unpaired) electrons. The molecule has 0 aliphatic heterocycles. The van der Waals surface area contributed by atoms with Crippen molar-refractivity contribution in [2.75, 3.05) is 0 Å². The number of hydrogen-bond acceptors (Lipinski definition) is 3. The summed E-state index contributed by atoms with van der Waals surface area (Å²) in [5.74, 6) is 0.653. The first-order valence-corrected chi connectivity index (χ1v) is 7.39. The Labute approximate surface area is 142 Å².